The Kier molecular flexibility index (Phi) is 5.69. The van der Waals surface area contributed by atoms with Crippen LogP contribution in [0.3, 0.4) is 0 Å². The van der Waals surface area contributed by atoms with Gasteiger partial charge in [0.05, 0.1) is 19.2 Å². The maximum absolute atomic E-state index is 11.8. The molecule has 0 saturated heterocycles. The first-order valence-corrected chi connectivity index (χ1v) is 6.78. The lowest BCUT2D eigenvalue weighted by molar-refractivity contribution is -0.155. The van der Waals surface area contributed by atoms with Crippen LogP contribution in [0.4, 0.5) is 10.5 Å². The van der Waals surface area contributed by atoms with Crippen LogP contribution in [0.1, 0.15) is 28.4 Å². The largest absolute Gasteiger partial charge is 0.479 e. The minimum Gasteiger partial charge on any atom is -0.479 e. The Morgan fingerprint density at radius 2 is 1.83 bits per heavy atom. The molecule has 0 aliphatic heterocycles. The Hall–Kier alpha value is -2.61. The molecule has 0 aromatic heterocycles. The maximum Gasteiger partial charge on any atom is 0.338 e. The van der Waals surface area contributed by atoms with Crippen LogP contribution in [0, 0.1) is 13.8 Å². The number of carbonyl (C=O) groups excluding carboxylic acids is 2. The Labute approximate surface area is 133 Å². The summed E-state index contributed by atoms with van der Waals surface area (Å²) in [6, 6.07) is 2.50. The molecule has 1 aromatic rings. The number of ether oxygens (including phenoxy) is 1. The van der Waals surface area contributed by atoms with E-state index in [0.29, 0.717) is 16.8 Å². The molecule has 0 saturated carbocycles. The number of aliphatic hydroxyl groups is 1. The standard InChI is InChI=1S/C15H20N2O6/c1-8-5-9(2)11(6-10(8)12(18)23-4)17-14(21)16-7-15(3,22)13(19)20/h5-6,22H,7H2,1-4H3,(H,19,20)(H2,16,17,21). The summed E-state index contributed by atoms with van der Waals surface area (Å²) in [7, 11) is 1.26. The molecule has 1 unspecified atom stereocenters. The molecule has 0 radical (unpaired) electrons. The van der Waals surface area contributed by atoms with Crippen molar-refractivity contribution in [3.05, 3.63) is 28.8 Å². The van der Waals surface area contributed by atoms with Crippen LogP contribution in [0.2, 0.25) is 0 Å². The highest BCUT2D eigenvalue weighted by atomic mass is 16.5. The van der Waals surface area contributed by atoms with E-state index in [4.69, 9.17) is 5.11 Å². The summed E-state index contributed by atoms with van der Waals surface area (Å²) in [6.07, 6.45) is 0. The summed E-state index contributed by atoms with van der Waals surface area (Å²) in [6.45, 7) is 4.09. The second kappa shape index (κ2) is 7.10. The molecule has 1 aromatic carbocycles. The lowest BCUT2D eigenvalue weighted by atomic mass is 10.0. The van der Waals surface area contributed by atoms with Gasteiger partial charge < -0.3 is 25.6 Å². The molecular formula is C15H20N2O6. The van der Waals surface area contributed by atoms with Gasteiger partial charge in [0.1, 0.15) is 0 Å². The fourth-order valence-corrected chi connectivity index (χ4v) is 1.81. The van der Waals surface area contributed by atoms with Crippen LogP contribution in [-0.4, -0.2) is 47.4 Å². The topological polar surface area (TPSA) is 125 Å². The monoisotopic (exact) mass is 324 g/mol. The second-order valence-electron chi connectivity index (χ2n) is 5.36. The van der Waals surface area contributed by atoms with E-state index in [1.807, 2.05) is 0 Å². The van der Waals surface area contributed by atoms with Crippen molar-refractivity contribution in [2.24, 2.45) is 0 Å². The molecule has 0 aliphatic carbocycles. The van der Waals surface area contributed by atoms with Crippen molar-refractivity contribution in [3.8, 4) is 0 Å². The van der Waals surface area contributed by atoms with E-state index in [0.717, 1.165) is 12.5 Å². The Morgan fingerprint density at radius 3 is 2.35 bits per heavy atom. The number of aliphatic carboxylic acids is 1. The number of esters is 1. The summed E-state index contributed by atoms with van der Waals surface area (Å²) in [5, 5.41) is 23.1. The second-order valence-corrected chi connectivity index (χ2v) is 5.36. The first kappa shape index (κ1) is 18.4. The molecule has 0 heterocycles. The molecule has 1 atom stereocenters. The Morgan fingerprint density at radius 1 is 1.22 bits per heavy atom. The fraction of sp³-hybridized carbons (Fsp3) is 0.400. The molecule has 23 heavy (non-hydrogen) atoms. The van der Waals surface area contributed by atoms with Crippen molar-refractivity contribution in [2.45, 2.75) is 26.4 Å². The van der Waals surface area contributed by atoms with Crippen LogP contribution >= 0.6 is 0 Å². The van der Waals surface area contributed by atoms with Gasteiger partial charge in [-0.3, -0.25) is 0 Å². The average Bonchev–Trinajstić information content (AvgIpc) is 2.47. The van der Waals surface area contributed by atoms with Crippen molar-refractivity contribution in [1.82, 2.24) is 5.32 Å². The minimum absolute atomic E-state index is 0.311. The summed E-state index contributed by atoms with van der Waals surface area (Å²) >= 11 is 0. The van der Waals surface area contributed by atoms with E-state index in [9.17, 15) is 19.5 Å². The van der Waals surface area contributed by atoms with Gasteiger partial charge in [-0.15, -0.1) is 0 Å². The van der Waals surface area contributed by atoms with E-state index in [-0.39, 0.29) is 0 Å². The van der Waals surface area contributed by atoms with Crippen molar-refractivity contribution in [3.63, 3.8) is 0 Å². The molecule has 4 N–H and O–H groups in total. The normalized spacial score (nSPS) is 12.9. The van der Waals surface area contributed by atoms with Crippen LogP contribution in [0.15, 0.2) is 12.1 Å². The molecule has 0 aliphatic rings. The molecule has 1 rings (SSSR count). The van der Waals surface area contributed by atoms with Gasteiger partial charge in [0, 0.05) is 5.69 Å². The summed E-state index contributed by atoms with van der Waals surface area (Å²) < 4.78 is 4.67. The van der Waals surface area contributed by atoms with Crippen LogP contribution in [0.25, 0.3) is 0 Å². The molecule has 0 fully saturated rings. The Bertz CT molecular complexity index is 639. The third-order valence-corrected chi connectivity index (χ3v) is 3.28. The molecule has 0 spiro atoms. The van der Waals surface area contributed by atoms with Gasteiger partial charge >= 0.3 is 18.0 Å². The number of amides is 2. The van der Waals surface area contributed by atoms with E-state index in [1.54, 1.807) is 19.9 Å². The molecular weight excluding hydrogens is 304 g/mol. The van der Waals surface area contributed by atoms with Gasteiger partial charge in [-0.25, -0.2) is 14.4 Å². The number of nitrogens with one attached hydrogen (secondary N) is 2. The van der Waals surface area contributed by atoms with Gasteiger partial charge in [0.25, 0.3) is 0 Å². The highest BCUT2D eigenvalue weighted by Gasteiger charge is 2.30. The molecule has 8 nitrogen and oxygen atoms in total. The lowest BCUT2D eigenvalue weighted by Gasteiger charge is -2.19. The van der Waals surface area contributed by atoms with Gasteiger partial charge in [0.15, 0.2) is 5.60 Å². The van der Waals surface area contributed by atoms with Gasteiger partial charge in [-0.1, -0.05) is 6.07 Å². The van der Waals surface area contributed by atoms with Gasteiger partial charge in [0.2, 0.25) is 0 Å². The first-order valence-electron chi connectivity index (χ1n) is 6.78. The van der Waals surface area contributed by atoms with Crippen molar-refractivity contribution >= 4 is 23.7 Å². The van der Waals surface area contributed by atoms with Crippen LogP contribution in [-0.2, 0) is 9.53 Å². The number of carboxylic acid groups (broad SMARTS) is 1. The quantitative estimate of drug-likeness (QED) is 0.600. The highest BCUT2D eigenvalue weighted by Crippen LogP contribution is 2.21. The number of aryl methyl sites for hydroxylation is 2. The van der Waals surface area contributed by atoms with Crippen LogP contribution in [0.5, 0.6) is 0 Å². The highest BCUT2D eigenvalue weighted by molar-refractivity contribution is 5.96. The lowest BCUT2D eigenvalue weighted by Crippen LogP contribution is -2.47. The van der Waals surface area contributed by atoms with Crippen molar-refractivity contribution < 1.29 is 29.3 Å². The summed E-state index contributed by atoms with van der Waals surface area (Å²) in [4.78, 5) is 34.3. The van der Waals surface area contributed by atoms with Gasteiger partial charge in [-0.2, -0.15) is 0 Å². The zero-order valence-corrected chi connectivity index (χ0v) is 13.4. The zero-order valence-electron chi connectivity index (χ0n) is 13.4. The first-order chi connectivity index (χ1) is 10.6. The number of rotatable bonds is 5. The predicted octanol–water partition coefficient (Wildman–Crippen LogP) is 1.05. The van der Waals surface area contributed by atoms with Crippen LogP contribution < -0.4 is 10.6 Å². The summed E-state index contributed by atoms with van der Waals surface area (Å²) in [5.74, 6) is -1.97. The van der Waals surface area contributed by atoms with E-state index in [1.165, 1.54) is 13.2 Å². The third kappa shape index (κ3) is 4.68. The maximum atomic E-state index is 11.8. The number of benzene rings is 1. The summed E-state index contributed by atoms with van der Waals surface area (Å²) in [5.41, 5.74) is 0.0374. The van der Waals surface area contributed by atoms with E-state index >= 15 is 0 Å². The predicted molar refractivity (Wildman–Crippen MR) is 82.5 cm³/mol. The number of anilines is 1. The third-order valence-electron chi connectivity index (χ3n) is 3.28. The Balaban J connectivity index is 2.86. The molecule has 126 valence electrons. The van der Waals surface area contributed by atoms with Crippen molar-refractivity contribution in [2.75, 3.05) is 19.0 Å². The number of carboxylic acids is 1. The number of carbonyl (C=O) groups is 3. The average molecular weight is 324 g/mol. The molecule has 8 heteroatoms. The SMILES string of the molecule is COC(=O)c1cc(NC(=O)NCC(C)(O)C(=O)O)c(C)cc1C. The fourth-order valence-electron chi connectivity index (χ4n) is 1.81. The smallest absolute Gasteiger partial charge is 0.338 e. The zero-order chi connectivity index (χ0) is 17.8. The minimum atomic E-state index is -2.07. The number of methoxy groups -OCH3 is 1. The van der Waals surface area contributed by atoms with Crippen molar-refractivity contribution in [1.29, 1.82) is 0 Å². The number of urea groups is 1. The molecule has 0 bridgehead atoms. The number of hydrogen-bond donors (Lipinski definition) is 4. The molecule has 2 amide bonds. The van der Waals surface area contributed by atoms with E-state index in [2.05, 4.69) is 15.4 Å². The van der Waals surface area contributed by atoms with E-state index < -0.39 is 30.1 Å². The number of hydrogen-bond acceptors (Lipinski definition) is 5. The van der Waals surface area contributed by atoms with Gasteiger partial charge in [-0.05, 0) is 38.0 Å².